The van der Waals surface area contributed by atoms with E-state index in [1.165, 1.54) is 11.8 Å². The van der Waals surface area contributed by atoms with Crippen LogP contribution in [0.4, 0.5) is 0 Å². The molecule has 1 heterocycles. The number of aryl methyl sites for hydroxylation is 1. The number of nitrogens with zero attached hydrogens (tertiary/aromatic N) is 2. The summed E-state index contributed by atoms with van der Waals surface area (Å²) in [7, 11) is 4.64. The van der Waals surface area contributed by atoms with Crippen molar-refractivity contribution in [2.24, 2.45) is 7.05 Å². The van der Waals surface area contributed by atoms with Crippen LogP contribution in [0.5, 0.6) is 11.6 Å². The van der Waals surface area contributed by atoms with Crippen LogP contribution in [0.3, 0.4) is 0 Å². The molecule has 106 valence electrons. The summed E-state index contributed by atoms with van der Waals surface area (Å²) in [5.74, 6) is 0.809. The van der Waals surface area contributed by atoms with E-state index in [4.69, 9.17) is 9.47 Å². The minimum atomic E-state index is -0.486. The van der Waals surface area contributed by atoms with Crippen LogP contribution >= 0.6 is 0 Å². The van der Waals surface area contributed by atoms with Crippen molar-refractivity contribution in [1.29, 1.82) is 0 Å². The fourth-order valence-electron chi connectivity index (χ4n) is 1.67. The van der Waals surface area contributed by atoms with Gasteiger partial charge in [-0.15, -0.1) is 0 Å². The van der Waals surface area contributed by atoms with Gasteiger partial charge in [-0.25, -0.2) is 9.48 Å². The molecule has 1 aromatic carbocycles. The summed E-state index contributed by atoms with van der Waals surface area (Å²) in [4.78, 5) is 11.4. The van der Waals surface area contributed by atoms with Gasteiger partial charge in [-0.1, -0.05) is 12.1 Å². The topological polar surface area (TPSA) is 62.6 Å². The van der Waals surface area contributed by atoms with Crippen molar-refractivity contribution in [2.45, 2.75) is 6.61 Å². The predicted molar refractivity (Wildman–Crippen MR) is 71.9 cm³/mol. The van der Waals surface area contributed by atoms with Gasteiger partial charge in [0.05, 0.1) is 14.2 Å². The molecule has 0 aliphatic heterocycles. The molecule has 6 heteroatoms. The molecule has 0 aliphatic carbocycles. The first-order chi connectivity index (χ1) is 9.63. The van der Waals surface area contributed by atoms with E-state index in [-0.39, 0.29) is 5.69 Å². The zero-order valence-corrected chi connectivity index (χ0v) is 11.6. The first-order valence-corrected chi connectivity index (χ1v) is 6.02. The lowest BCUT2D eigenvalue weighted by atomic mass is 10.2. The van der Waals surface area contributed by atoms with E-state index in [2.05, 4.69) is 9.84 Å². The van der Waals surface area contributed by atoms with Gasteiger partial charge in [-0.05, 0) is 17.7 Å². The number of hydrogen-bond acceptors (Lipinski definition) is 5. The van der Waals surface area contributed by atoms with E-state index < -0.39 is 5.97 Å². The predicted octanol–water partition coefficient (Wildman–Crippen LogP) is 1.79. The lowest BCUT2D eigenvalue weighted by Crippen LogP contribution is -2.03. The fraction of sp³-hybridized carbons (Fsp3) is 0.286. The van der Waals surface area contributed by atoms with Gasteiger partial charge in [0.25, 0.3) is 0 Å². The maximum Gasteiger partial charge on any atom is 0.358 e. The molecule has 0 bridgehead atoms. The van der Waals surface area contributed by atoms with Crippen molar-refractivity contribution in [3.63, 3.8) is 0 Å². The van der Waals surface area contributed by atoms with Gasteiger partial charge >= 0.3 is 5.97 Å². The molecule has 2 rings (SSSR count). The number of methoxy groups -OCH3 is 2. The number of ether oxygens (including phenoxy) is 3. The van der Waals surface area contributed by atoms with Crippen molar-refractivity contribution in [3.05, 3.63) is 41.6 Å². The highest BCUT2D eigenvalue weighted by atomic mass is 16.5. The Kier molecular flexibility index (Phi) is 4.24. The number of aromatic nitrogens is 2. The largest absolute Gasteiger partial charge is 0.497 e. The maximum absolute atomic E-state index is 11.4. The van der Waals surface area contributed by atoms with Gasteiger partial charge in [-0.3, -0.25) is 0 Å². The molecule has 0 saturated carbocycles. The molecule has 1 aromatic heterocycles. The summed E-state index contributed by atoms with van der Waals surface area (Å²) >= 11 is 0. The average Bonchev–Trinajstić information content (AvgIpc) is 2.86. The number of esters is 1. The van der Waals surface area contributed by atoms with Crippen molar-refractivity contribution >= 4 is 5.97 Å². The molecule has 6 nitrogen and oxygen atoms in total. The number of benzene rings is 1. The summed E-state index contributed by atoms with van der Waals surface area (Å²) in [5.41, 5.74) is 1.21. The highest BCUT2D eigenvalue weighted by Gasteiger charge is 2.13. The van der Waals surface area contributed by atoms with Crippen molar-refractivity contribution < 1.29 is 19.0 Å². The molecule has 0 unspecified atom stereocenters. The van der Waals surface area contributed by atoms with E-state index in [9.17, 15) is 4.79 Å². The molecular formula is C14H16N2O4. The van der Waals surface area contributed by atoms with Crippen molar-refractivity contribution in [1.82, 2.24) is 9.78 Å². The first kappa shape index (κ1) is 13.9. The van der Waals surface area contributed by atoms with Gasteiger partial charge in [0.1, 0.15) is 12.4 Å². The van der Waals surface area contributed by atoms with Crippen LogP contribution in [0.2, 0.25) is 0 Å². The van der Waals surface area contributed by atoms with Crippen LogP contribution in [0.15, 0.2) is 30.3 Å². The standard InChI is InChI=1S/C14H16N2O4/c1-16-13(8-12(15-16)14(17)19-3)20-9-10-4-6-11(18-2)7-5-10/h4-8H,9H2,1-3H3. The third kappa shape index (κ3) is 3.09. The Morgan fingerprint density at radius 1 is 1.25 bits per heavy atom. The van der Waals surface area contributed by atoms with Crippen molar-refractivity contribution in [3.8, 4) is 11.6 Å². The third-order valence-corrected chi connectivity index (χ3v) is 2.78. The molecular weight excluding hydrogens is 260 g/mol. The number of rotatable bonds is 5. The van der Waals surface area contributed by atoms with E-state index in [1.807, 2.05) is 24.3 Å². The van der Waals surface area contributed by atoms with E-state index in [1.54, 1.807) is 20.2 Å². The monoisotopic (exact) mass is 276 g/mol. The minimum absolute atomic E-state index is 0.222. The van der Waals surface area contributed by atoms with Gasteiger partial charge in [0.15, 0.2) is 5.69 Å². The van der Waals surface area contributed by atoms with Crippen LogP contribution in [-0.2, 0) is 18.4 Å². The number of carbonyl (C=O) groups is 1. The normalized spacial score (nSPS) is 10.2. The SMILES string of the molecule is COC(=O)c1cc(OCc2ccc(OC)cc2)n(C)n1. The Morgan fingerprint density at radius 2 is 1.95 bits per heavy atom. The lowest BCUT2D eigenvalue weighted by molar-refractivity contribution is 0.0593. The minimum Gasteiger partial charge on any atom is -0.497 e. The van der Waals surface area contributed by atoms with Gasteiger partial charge < -0.3 is 14.2 Å². The molecule has 0 saturated heterocycles. The van der Waals surface area contributed by atoms with Crippen LogP contribution < -0.4 is 9.47 Å². The highest BCUT2D eigenvalue weighted by Crippen LogP contribution is 2.16. The van der Waals surface area contributed by atoms with Crippen molar-refractivity contribution in [2.75, 3.05) is 14.2 Å². The van der Waals surface area contributed by atoms with E-state index in [0.717, 1.165) is 11.3 Å². The van der Waals surface area contributed by atoms with Crippen LogP contribution in [0.25, 0.3) is 0 Å². The zero-order valence-electron chi connectivity index (χ0n) is 11.6. The van der Waals surface area contributed by atoms with Crippen LogP contribution in [0.1, 0.15) is 16.1 Å². The number of hydrogen-bond donors (Lipinski definition) is 0. The Balaban J connectivity index is 2.02. The molecule has 0 atom stereocenters. The number of carbonyl (C=O) groups excluding carboxylic acids is 1. The van der Waals surface area contributed by atoms with Gasteiger partial charge in [-0.2, -0.15) is 5.10 Å². The van der Waals surface area contributed by atoms with Gasteiger partial charge in [0, 0.05) is 13.1 Å². The van der Waals surface area contributed by atoms with Gasteiger partial charge in [0.2, 0.25) is 5.88 Å². The molecule has 0 N–H and O–H groups in total. The quantitative estimate of drug-likeness (QED) is 0.779. The van der Waals surface area contributed by atoms with Crippen LogP contribution in [0, 0.1) is 0 Å². The summed E-state index contributed by atoms with van der Waals surface area (Å²) < 4.78 is 16.8. The summed E-state index contributed by atoms with van der Waals surface area (Å²) in [6.45, 7) is 0.379. The maximum atomic E-state index is 11.4. The molecule has 0 fully saturated rings. The fourth-order valence-corrected chi connectivity index (χ4v) is 1.67. The lowest BCUT2D eigenvalue weighted by Gasteiger charge is -2.06. The second kappa shape index (κ2) is 6.10. The summed E-state index contributed by atoms with van der Waals surface area (Å²) in [6, 6.07) is 9.10. The van der Waals surface area contributed by atoms with E-state index in [0.29, 0.717) is 12.5 Å². The molecule has 2 aromatic rings. The smallest absolute Gasteiger partial charge is 0.358 e. The average molecular weight is 276 g/mol. The van der Waals surface area contributed by atoms with Crippen LogP contribution in [-0.4, -0.2) is 30.0 Å². The second-order valence-corrected chi connectivity index (χ2v) is 4.12. The Bertz CT molecular complexity index is 590. The first-order valence-electron chi connectivity index (χ1n) is 6.02. The molecule has 0 amide bonds. The Hall–Kier alpha value is -2.50. The third-order valence-electron chi connectivity index (χ3n) is 2.78. The zero-order chi connectivity index (χ0) is 14.5. The molecule has 20 heavy (non-hydrogen) atoms. The Labute approximate surface area is 116 Å². The Morgan fingerprint density at radius 3 is 2.55 bits per heavy atom. The molecule has 0 spiro atoms. The highest BCUT2D eigenvalue weighted by molar-refractivity contribution is 5.87. The second-order valence-electron chi connectivity index (χ2n) is 4.12. The molecule has 0 radical (unpaired) electrons. The molecule has 0 aliphatic rings. The van der Waals surface area contributed by atoms with E-state index >= 15 is 0 Å². The summed E-state index contributed by atoms with van der Waals surface area (Å²) in [5, 5.41) is 4.02. The summed E-state index contributed by atoms with van der Waals surface area (Å²) in [6.07, 6.45) is 0.